The van der Waals surface area contributed by atoms with E-state index in [-0.39, 0.29) is 6.04 Å². The normalized spacial score (nSPS) is 20.9. The number of methoxy groups -OCH3 is 1. The predicted octanol–water partition coefficient (Wildman–Crippen LogP) is 4.18. The summed E-state index contributed by atoms with van der Waals surface area (Å²) in [6, 6.07) is 11.4. The SMILES string of the molecule is COc1ccc(-c2ccc3c(N4CCOCC4)nc(N4CCOC[C@@H]4C)nc3n2)cc1CNC1CCCCC1. The molecule has 39 heavy (non-hydrogen) atoms. The van der Waals surface area contributed by atoms with Gasteiger partial charge in [-0.2, -0.15) is 9.97 Å². The van der Waals surface area contributed by atoms with Crippen molar-refractivity contribution in [3.05, 3.63) is 35.9 Å². The minimum atomic E-state index is 0.206. The van der Waals surface area contributed by atoms with Gasteiger partial charge in [-0.1, -0.05) is 19.3 Å². The van der Waals surface area contributed by atoms with Crippen LogP contribution >= 0.6 is 0 Å². The Bertz CT molecular complexity index is 1280. The predicted molar refractivity (Wildman–Crippen MR) is 154 cm³/mol. The Balaban J connectivity index is 1.35. The van der Waals surface area contributed by atoms with Crippen LogP contribution in [-0.4, -0.2) is 80.2 Å². The molecule has 0 radical (unpaired) electrons. The zero-order valence-electron chi connectivity index (χ0n) is 23.2. The van der Waals surface area contributed by atoms with Crippen LogP contribution in [0, 0.1) is 0 Å². The molecule has 3 fully saturated rings. The fourth-order valence-corrected chi connectivity index (χ4v) is 5.95. The second-order valence-electron chi connectivity index (χ2n) is 10.9. The number of anilines is 2. The molecule has 1 atom stereocenters. The first-order valence-corrected chi connectivity index (χ1v) is 14.5. The molecule has 6 rings (SSSR count). The van der Waals surface area contributed by atoms with Crippen molar-refractivity contribution in [2.45, 2.75) is 57.7 Å². The molecule has 208 valence electrons. The fraction of sp³-hybridized carbons (Fsp3) is 0.567. The van der Waals surface area contributed by atoms with Crippen LogP contribution in [0.3, 0.4) is 0 Å². The van der Waals surface area contributed by atoms with Gasteiger partial charge >= 0.3 is 0 Å². The van der Waals surface area contributed by atoms with Crippen molar-refractivity contribution in [1.29, 1.82) is 0 Å². The summed E-state index contributed by atoms with van der Waals surface area (Å²) in [5, 5.41) is 4.73. The Kier molecular flexibility index (Phi) is 8.08. The second kappa shape index (κ2) is 12.0. The Labute approximate surface area is 230 Å². The van der Waals surface area contributed by atoms with Gasteiger partial charge in [-0.25, -0.2) is 4.98 Å². The van der Waals surface area contributed by atoms with Crippen LogP contribution in [0.25, 0.3) is 22.3 Å². The number of pyridine rings is 1. The molecule has 2 aromatic heterocycles. The fourth-order valence-electron chi connectivity index (χ4n) is 5.95. The average Bonchev–Trinajstić information content (AvgIpc) is 3.00. The van der Waals surface area contributed by atoms with Gasteiger partial charge in [0, 0.05) is 43.3 Å². The van der Waals surface area contributed by atoms with Crippen LogP contribution in [0.5, 0.6) is 5.75 Å². The molecule has 3 aliphatic rings. The summed E-state index contributed by atoms with van der Waals surface area (Å²) >= 11 is 0. The summed E-state index contributed by atoms with van der Waals surface area (Å²) in [4.78, 5) is 19.7. The second-order valence-corrected chi connectivity index (χ2v) is 10.9. The van der Waals surface area contributed by atoms with Crippen molar-refractivity contribution >= 4 is 22.8 Å². The number of nitrogens with one attached hydrogen (secondary N) is 1. The smallest absolute Gasteiger partial charge is 0.229 e. The van der Waals surface area contributed by atoms with Gasteiger partial charge in [-0.05, 0) is 50.1 Å². The van der Waals surface area contributed by atoms with Gasteiger partial charge in [0.25, 0.3) is 0 Å². The monoisotopic (exact) mass is 532 g/mol. The Morgan fingerprint density at radius 2 is 1.77 bits per heavy atom. The molecule has 0 unspecified atom stereocenters. The first-order chi connectivity index (χ1) is 19.2. The van der Waals surface area contributed by atoms with Gasteiger partial charge in [0.1, 0.15) is 11.6 Å². The molecule has 9 nitrogen and oxygen atoms in total. The molecular formula is C30H40N6O3. The molecule has 2 saturated heterocycles. The van der Waals surface area contributed by atoms with Crippen LogP contribution < -0.4 is 19.9 Å². The van der Waals surface area contributed by atoms with E-state index in [4.69, 9.17) is 29.2 Å². The van der Waals surface area contributed by atoms with Gasteiger partial charge in [0.15, 0.2) is 5.65 Å². The first kappa shape index (κ1) is 26.2. The van der Waals surface area contributed by atoms with Crippen molar-refractivity contribution in [2.24, 2.45) is 0 Å². The van der Waals surface area contributed by atoms with Crippen molar-refractivity contribution in [2.75, 3.05) is 63.0 Å². The van der Waals surface area contributed by atoms with E-state index in [1.807, 2.05) is 0 Å². The van der Waals surface area contributed by atoms with Crippen molar-refractivity contribution in [3.8, 4) is 17.0 Å². The lowest BCUT2D eigenvalue weighted by Crippen LogP contribution is -2.45. The summed E-state index contributed by atoms with van der Waals surface area (Å²) in [7, 11) is 1.74. The van der Waals surface area contributed by atoms with Gasteiger partial charge in [0.05, 0.1) is 50.7 Å². The van der Waals surface area contributed by atoms with Crippen molar-refractivity contribution in [1.82, 2.24) is 20.3 Å². The molecule has 2 aliphatic heterocycles. The van der Waals surface area contributed by atoms with Gasteiger partial charge in [-0.15, -0.1) is 0 Å². The Morgan fingerprint density at radius 3 is 2.56 bits per heavy atom. The molecule has 0 amide bonds. The molecule has 4 heterocycles. The largest absolute Gasteiger partial charge is 0.496 e. The van der Waals surface area contributed by atoms with Crippen molar-refractivity contribution in [3.63, 3.8) is 0 Å². The highest BCUT2D eigenvalue weighted by Gasteiger charge is 2.25. The molecular weight excluding hydrogens is 492 g/mol. The van der Waals surface area contributed by atoms with Crippen LogP contribution in [0.2, 0.25) is 0 Å². The number of fused-ring (bicyclic) bond motifs is 1. The number of morpholine rings is 2. The number of rotatable bonds is 7. The molecule has 0 bridgehead atoms. The first-order valence-electron chi connectivity index (χ1n) is 14.5. The summed E-state index contributed by atoms with van der Waals surface area (Å²) < 4.78 is 17.0. The molecule has 0 spiro atoms. The molecule has 1 saturated carbocycles. The van der Waals surface area contributed by atoms with Crippen LogP contribution in [0.1, 0.15) is 44.6 Å². The molecule has 1 N–H and O–H groups in total. The number of benzene rings is 1. The third kappa shape index (κ3) is 5.81. The third-order valence-electron chi connectivity index (χ3n) is 8.23. The maximum absolute atomic E-state index is 5.71. The summed E-state index contributed by atoms with van der Waals surface area (Å²) in [6.07, 6.45) is 6.49. The van der Waals surface area contributed by atoms with Crippen molar-refractivity contribution < 1.29 is 14.2 Å². The van der Waals surface area contributed by atoms with E-state index < -0.39 is 0 Å². The Morgan fingerprint density at radius 1 is 0.949 bits per heavy atom. The van der Waals surface area contributed by atoms with E-state index in [0.29, 0.717) is 32.5 Å². The summed E-state index contributed by atoms with van der Waals surface area (Å²) in [6.45, 7) is 8.08. The van der Waals surface area contributed by atoms with Gasteiger partial charge < -0.3 is 29.3 Å². The number of hydrogen-bond donors (Lipinski definition) is 1. The van der Waals surface area contributed by atoms with Crippen LogP contribution in [0.4, 0.5) is 11.8 Å². The third-order valence-corrected chi connectivity index (χ3v) is 8.23. The molecule has 3 aromatic rings. The van der Waals surface area contributed by atoms with Crippen LogP contribution in [-0.2, 0) is 16.0 Å². The topological polar surface area (TPSA) is 84.9 Å². The minimum Gasteiger partial charge on any atom is -0.496 e. The van der Waals surface area contributed by atoms with E-state index in [1.54, 1.807) is 7.11 Å². The summed E-state index contributed by atoms with van der Waals surface area (Å²) in [5.41, 5.74) is 3.83. The minimum absolute atomic E-state index is 0.206. The zero-order chi connectivity index (χ0) is 26.6. The number of ether oxygens (including phenoxy) is 3. The van der Waals surface area contributed by atoms with E-state index >= 15 is 0 Å². The lowest BCUT2D eigenvalue weighted by atomic mass is 9.95. The number of aromatic nitrogens is 3. The number of nitrogens with zero attached hydrogens (tertiary/aromatic N) is 5. The Hall–Kier alpha value is -3.01. The quantitative estimate of drug-likeness (QED) is 0.482. The maximum atomic E-state index is 5.71. The van der Waals surface area contributed by atoms with E-state index in [0.717, 1.165) is 71.5 Å². The maximum Gasteiger partial charge on any atom is 0.229 e. The highest BCUT2D eigenvalue weighted by Crippen LogP contribution is 2.32. The van der Waals surface area contributed by atoms with E-state index in [1.165, 1.54) is 32.1 Å². The van der Waals surface area contributed by atoms with Gasteiger partial charge in [-0.3, -0.25) is 0 Å². The van der Waals surface area contributed by atoms with E-state index in [9.17, 15) is 0 Å². The van der Waals surface area contributed by atoms with Crippen LogP contribution in [0.15, 0.2) is 30.3 Å². The zero-order valence-corrected chi connectivity index (χ0v) is 23.2. The summed E-state index contributed by atoms with van der Waals surface area (Å²) in [5.74, 6) is 2.56. The molecule has 9 heteroatoms. The molecule has 1 aliphatic carbocycles. The number of hydrogen-bond acceptors (Lipinski definition) is 9. The highest BCUT2D eigenvalue weighted by atomic mass is 16.5. The van der Waals surface area contributed by atoms with E-state index in [2.05, 4.69) is 52.4 Å². The average molecular weight is 533 g/mol. The lowest BCUT2D eigenvalue weighted by Gasteiger charge is -2.34. The highest BCUT2D eigenvalue weighted by molar-refractivity contribution is 5.90. The standard InChI is InChI=1S/C30H40N6O3/c1-21-20-39-17-14-36(21)30-33-28-25(29(34-30)35-12-15-38-16-13-35)9-10-26(32-28)22-8-11-27(37-2)23(18-22)19-31-24-6-4-3-5-7-24/h8-11,18,21,24,31H,3-7,12-17,19-20H2,1-2H3/t21-/m0/s1. The van der Waals surface area contributed by atoms with Gasteiger partial charge in [0.2, 0.25) is 5.95 Å². The lowest BCUT2D eigenvalue weighted by molar-refractivity contribution is 0.0981. The molecule has 1 aromatic carbocycles.